The van der Waals surface area contributed by atoms with Gasteiger partial charge in [0, 0.05) is 30.6 Å². The highest BCUT2D eigenvalue weighted by Gasteiger charge is 2.39. The highest BCUT2D eigenvalue weighted by atomic mass is 19.2. The Kier molecular flexibility index (Phi) is 4.60. The van der Waals surface area contributed by atoms with E-state index in [1.165, 1.54) is 6.07 Å². The van der Waals surface area contributed by atoms with Crippen molar-refractivity contribution in [2.45, 2.75) is 19.3 Å². The molecule has 1 amide bonds. The SMILES string of the molecule is O=C(c1cccc(-c2cc(O)c(F)c(F)c2)c1)N1CCC[C@@]2(CCNC2)C1. The normalized spacial score (nSPS) is 22.4. The molecule has 6 heteroatoms. The summed E-state index contributed by atoms with van der Waals surface area (Å²) in [5, 5.41) is 12.9. The molecular formula is C21H22F2N2O2. The Morgan fingerprint density at radius 1 is 1.15 bits per heavy atom. The van der Waals surface area contributed by atoms with Gasteiger partial charge in [0.15, 0.2) is 17.4 Å². The lowest BCUT2D eigenvalue weighted by Gasteiger charge is -2.40. The Morgan fingerprint density at radius 2 is 2.00 bits per heavy atom. The van der Waals surface area contributed by atoms with E-state index >= 15 is 0 Å². The summed E-state index contributed by atoms with van der Waals surface area (Å²) in [7, 11) is 0. The van der Waals surface area contributed by atoms with Gasteiger partial charge in [0.05, 0.1) is 0 Å². The number of carbonyl (C=O) groups excluding carboxylic acids is 1. The second kappa shape index (κ2) is 6.93. The van der Waals surface area contributed by atoms with Gasteiger partial charge in [-0.3, -0.25) is 4.79 Å². The average molecular weight is 372 g/mol. The predicted octanol–water partition coefficient (Wildman–Crippen LogP) is 3.55. The lowest BCUT2D eigenvalue weighted by molar-refractivity contribution is 0.0553. The zero-order chi connectivity index (χ0) is 19.0. The van der Waals surface area contributed by atoms with Crippen molar-refractivity contribution in [2.24, 2.45) is 5.41 Å². The van der Waals surface area contributed by atoms with Crippen molar-refractivity contribution in [1.82, 2.24) is 10.2 Å². The van der Waals surface area contributed by atoms with Crippen LogP contribution in [0.25, 0.3) is 11.1 Å². The molecule has 0 radical (unpaired) electrons. The number of aromatic hydroxyl groups is 1. The number of nitrogens with one attached hydrogen (secondary N) is 1. The molecule has 27 heavy (non-hydrogen) atoms. The average Bonchev–Trinajstić information content (AvgIpc) is 3.12. The Morgan fingerprint density at radius 3 is 2.74 bits per heavy atom. The summed E-state index contributed by atoms with van der Waals surface area (Å²) in [6.45, 7) is 3.42. The number of hydrogen-bond donors (Lipinski definition) is 2. The molecule has 2 fully saturated rings. The van der Waals surface area contributed by atoms with Gasteiger partial charge in [-0.1, -0.05) is 12.1 Å². The van der Waals surface area contributed by atoms with Gasteiger partial charge in [-0.25, -0.2) is 4.39 Å². The number of phenolic OH excluding ortho intramolecular Hbond substituents is 1. The Bertz CT molecular complexity index is 855. The number of likely N-dealkylation sites (tertiary alicyclic amines) is 1. The Hall–Kier alpha value is -2.47. The molecule has 0 aliphatic carbocycles. The molecule has 2 heterocycles. The zero-order valence-corrected chi connectivity index (χ0v) is 15.0. The molecule has 0 bridgehead atoms. The molecule has 2 saturated heterocycles. The van der Waals surface area contributed by atoms with E-state index in [4.69, 9.17) is 0 Å². The van der Waals surface area contributed by atoms with Crippen LogP contribution in [0, 0.1) is 17.0 Å². The second-order valence-electron chi connectivity index (χ2n) is 7.63. The summed E-state index contributed by atoms with van der Waals surface area (Å²) >= 11 is 0. The monoisotopic (exact) mass is 372 g/mol. The maximum atomic E-state index is 13.6. The van der Waals surface area contributed by atoms with Gasteiger partial charge in [0.1, 0.15) is 0 Å². The standard InChI is InChI=1S/C21H22F2N2O2/c22-17-10-16(11-18(26)19(17)23)14-3-1-4-15(9-14)20(27)25-8-2-5-21(13-25)6-7-24-12-21/h1,3-4,9-11,24,26H,2,5-8,12-13H2/t21-/m0/s1. The van der Waals surface area contributed by atoms with Crippen molar-refractivity contribution in [3.8, 4) is 16.9 Å². The quantitative estimate of drug-likeness (QED) is 0.848. The molecule has 1 atom stereocenters. The summed E-state index contributed by atoms with van der Waals surface area (Å²) in [4.78, 5) is 14.9. The molecule has 2 aromatic carbocycles. The van der Waals surface area contributed by atoms with Crippen molar-refractivity contribution >= 4 is 5.91 Å². The van der Waals surface area contributed by atoms with Crippen LogP contribution in [0.4, 0.5) is 8.78 Å². The van der Waals surface area contributed by atoms with Crippen molar-refractivity contribution in [1.29, 1.82) is 0 Å². The van der Waals surface area contributed by atoms with E-state index in [0.717, 1.165) is 51.5 Å². The molecule has 1 spiro atoms. The van der Waals surface area contributed by atoms with Crippen LogP contribution in [0.1, 0.15) is 29.6 Å². The third kappa shape index (κ3) is 3.41. The Labute approximate surface area is 156 Å². The second-order valence-corrected chi connectivity index (χ2v) is 7.63. The van der Waals surface area contributed by atoms with Gasteiger partial charge < -0.3 is 15.3 Å². The highest BCUT2D eigenvalue weighted by Crippen LogP contribution is 2.36. The fourth-order valence-electron chi connectivity index (χ4n) is 4.28. The van der Waals surface area contributed by atoms with Crippen molar-refractivity contribution < 1.29 is 18.7 Å². The minimum Gasteiger partial charge on any atom is -0.505 e. The number of halogens is 2. The maximum absolute atomic E-state index is 13.6. The van der Waals surface area contributed by atoms with Crippen molar-refractivity contribution in [3.63, 3.8) is 0 Å². The molecule has 4 rings (SSSR count). The van der Waals surface area contributed by atoms with E-state index < -0.39 is 17.4 Å². The molecule has 2 N–H and O–H groups in total. The third-order valence-electron chi connectivity index (χ3n) is 5.73. The first-order valence-corrected chi connectivity index (χ1v) is 9.26. The van der Waals surface area contributed by atoms with Gasteiger partial charge in [0.25, 0.3) is 5.91 Å². The maximum Gasteiger partial charge on any atom is 0.253 e. The van der Waals surface area contributed by atoms with Crippen LogP contribution in [0.2, 0.25) is 0 Å². The molecule has 142 valence electrons. The van der Waals surface area contributed by atoms with Crippen LogP contribution in [-0.4, -0.2) is 42.1 Å². The van der Waals surface area contributed by atoms with Crippen LogP contribution < -0.4 is 5.32 Å². The number of nitrogens with zero attached hydrogens (tertiary/aromatic N) is 1. The zero-order valence-electron chi connectivity index (χ0n) is 15.0. The molecular weight excluding hydrogens is 350 g/mol. The number of carbonyl (C=O) groups is 1. The third-order valence-corrected chi connectivity index (χ3v) is 5.73. The van der Waals surface area contributed by atoms with Gasteiger partial charge in [-0.2, -0.15) is 4.39 Å². The summed E-state index contributed by atoms with van der Waals surface area (Å²) < 4.78 is 27.0. The molecule has 2 aromatic rings. The number of rotatable bonds is 2. The first-order valence-electron chi connectivity index (χ1n) is 9.26. The minimum absolute atomic E-state index is 0.0466. The van der Waals surface area contributed by atoms with Crippen molar-refractivity contribution in [3.05, 3.63) is 53.6 Å². The fourth-order valence-corrected chi connectivity index (χ4v) is 4.28. The topological polar surface area (TPSA) is 52.6 Å². The first-order chi connectivity index (χ1) is 13.0. The van der Waals surface area contributed by atoms with Crippen LogP contribution in [0.15, 0.2) is 36.4 Å². The molecule has 0 saturated carbocycles. The predicted molar refractivity (Wildman–Crippen MR) is 98.5 cm³/mol. The smallest absolute Gasteiger partial charge is 0.253 e. The Balaban J connectivity index is 1.60. The van der Waals surface area contributed by atoms with Gasteiger partial charge in [-0.15, -0.1) is 0 Å². The number of phenols is 1. The first kappa shape index (κ1) is 17.9. The van der Waals surface area contributed by atoms with Gasteiger partial charge in [0.2, 0.25) is 0 Å². The van der Waals surface area contributed by atoms with E-state index in [1.807, 2.05) is 4.90 Å². The van der Waals surface area contributed by atoms with Crippen LogP contribution in [-0.2, 0) is 0 Å². The molecule has 0 aromatic heterocycles. The summed E-state index contributed by atoms with van der Waals surface area (Å²) in [5.41, 5.74) is 1.58. The summed E-state index contributed by atoms with van der Waals surface area (Å²) in [6, 6.07) is 9.03. The van der Waals surface area contributed by atoms with Gasteiger partial charge >= 0.3 is 0 Å². The number of hydrogen-bond acceptors (Lipinski definition) is 3. The minimum atomic E-state index is -1.27. The van der Waals surface area contributed by atoms with Crippen LogP contribution in [0.3, 0.4) is 0 Å². The van der Waals surface area contributed by atoms with E-state index in [2.05, 4.69) is 5.32 Å². The number of benzene rings is 2. The fraction of sp³-hybridized carbons (Fsp3) is 0.381. The number of amides is 1. The van der Waals surface area contributed by atoms with E-state index in [9.17, 15) is 18.7 Å². The molecule has 4 nitrogen and oxygen atoms in total. The number of piperidine rings is 1. The van der Waals surface area contributed by atoms with E-state index in [0.29, 0.717) is 16.7 Å². The summed E-state index contributed by atoms with van der Waals surface area (Å²) in [6.07, 6.45) is 3.22. The van der Waals surface area contributed by atoms with Crippen molar-refractivity contribution in [2.75, 3.05) is 26.2 Å². The largest absolute Gasteiger partial charge is 0.505 e. The molecule has 0 unspecified atom stereocenters. The van der Waals surface area contributed by atoms with E-state index in [-0.39, 0.29) is 11.3 Å². The lowest BCUT2D eigenvalue weighted by Crippen LogP contribution is -2.47. The highest BCUT2D eigenvalue weighted by molar-refractivity contribution is 5.95. The summed E-state index contributed by atoms with van der Waals surface area (Å²) in [5.74, 6) is -3.17. The van der Waals surface area contributed by atoms with Crippen LogP contribution >= 0.6 is 0 Å². The lowest BCUT2D eigenvalue weighted by atomic mass is 9.79. The van der Waals surface area contributed by atoms with E-state index in [1.54, 1.807) is 24.3 Å². The molecule has 2 aliphatic heterocycles. The molecule has 2 aliphatic rings. The van der Waals surface area contributed by atoms with Gasteiger partial charge in [-0.05, 0) is 61.2 Å². The van der Waals surface area contributed by atoms with Crippen LogP contribution in [0.5, 0.6) is 5.75 Å².